The van der Waals surface area contributed by atoms with Crippen LogP contribution in [0, 0.1) is 19.3 Å². The van der Waals surface area contributed by atoms with Crippen LogP contribution >= 0.6 is 0 Å². The molecule has 104 valence electrons. The maximum absolute atomic E-state index is 11.2. The zero-order chi connectivity index (χ0) is 14.0. The highest BCUT2D eigenvalue weighted by molar-refractivity contribution is 5.77. The largest absolute Gasteiger partial charge is 0.496 e. The Labute approximate surface area is 112 Å². The third kappa shape index (κ3) is 2.38. The molecule has 0 bridgehead atoms. The molecule has 19 heavy (non-hydrogen) atoms. The van der Waals surface area contributed by atoms with Gasteiger partial charge in [0, 0.05) is 12.2 Å². The van der Waals surface area contributed by atoms with Crippen LogP contribution in [0.25, 0.3) is 0 Å². The second-order valence-corrected chi connectivity index (χ2v) is 5.00. The Kier molecular flexibility index (Phi) is 3.66. The Morgan fingerprint density at radius 2 is 2.11 bits per heavy atom. The molecule has 0 saturated carbocycles. The first-order chi connectivity index (χ1) is 9.00. The Morgan fingerprint density at radius 1 is 1.42 bits per heavy atom. The average Bonchev–Trinajstić information content (AvgIpc) is 2.32. The molecule has 1 heterocycles. The van der Waals surface area contributed by atoms with Crippen LogP contribution < -0.4 is 10.1 Å². The molecule has 0 atom stereocenters. The minimum Gasteiger partial charge on any atom is -0.496 e. The second-order valence-electron chi connectivity index (χ2n) is 5.00. The van der Waals surface area contributed by atoms with E-state index in [1.54, 1.807) is 7.11 Å². The third-order valence-electron chi connectivity index (χ3n) is 3.79. The number of anilines is 1. The molecule has 1 aromatic carbocycles. The molecule has 1 aromatic rings. The molecule has 0 unspecified atom stereocenters. The molecule has 1 aliphatic heterocycles. The monoisotopic (exact) mass is 265 g/mol. The quantitative estimate of drug-likeness (QED) is 0.850. The number of hydrogen-bond donors (Lipinski definition) is 2. The number of nitrogens with one attached hydrogen (secondary N) is 1. The number of rotatable bonds is 5. The summed E-state index contributed by atoms with van der Waals surface area (Å²) in [7, 11) is 1.64. The molecule has 2 N–H and O–H groups in total. The van der Waals surface area contributed by atoms with Crippen LogP contribution in [0.4, 0.5) is 5.69 Å². The van der Waals surface area contributed by atoms with Crippen molar-refractivity contribution in [3.8, 4) is 5.75 Å². The van der Waals surface area contributed by atoms with Crippen LogP contribution in [0.2, 0.25) is 0 Å². The summed E-state index contributed by atoms with van der Waals surface area (Å²) in [5.74, 6) is 0.0251. The molecule has 1 fully saturated rings. The van der Waals surface area contributed by atoms with E-state index in [1.165, 1.54) is 0 Å². The van der Waals surface area contributed by atoms with Crippen LogP contribution in [-0.4, -0.2) is 37.9 Å². The first kappa shape index (κ1) is 13.7. The molecule has 5 heteroatoms. The number of carboxylic acids is 1. The van der Waals surface area contributed by atoms with E-state index in [2.05, 4.69) is 5.32 Å². The zero-order valence-corrected chi connectivity index (χ0v) is 11.4. The number of carbonyl (C=O) groups is 1. The molecule has 1 saturated heterocycles. The van der Waals surface area contributed by atoms with Gasteiger partial charge in [-0.05, 0) is 37.1 Å². The smallest absolute Gasteiger partial charge is 0.316 e. The van der Waals surface area contributed by atoms with Gasteiger partial charge in [-0.15, -0.1) is 0 Å². The van der Waals surface area contributed by atoms with E-state index in [1.807, 2.05) is 26.0 Å². The Bertz CT molecular complexity index is 494. The van der Waals surface area contributed by atoms with Crippen molar-refractivity contribution in [2.75, 3.05) is 32.2 Å². The lowest BCUT2D eigenvalue weighted by molar-refractivity contribution is -0.176. The lowest BCUT2D eigenvalue weighted by atomic mass is 9.86. The van der Waals surface area contributed by atoms with Crippen molar-refractivity contribution in [2.45, 2.75) is 13.8 Å². The third-order valence-corrected chi connectivity index (χ3v) is 3.79. The maximum atomic E-state index is 11.2. The fraction of sp³-hybridized carbons (Fsp3) is 0.500. The van der Waals surface area contributed by atoms with Crippen molar-refractivity contribution in [3.63, 3.8) is 0 Å². The van der Waals surface area contributed by atoms with Gasteiger partial charge in [0.2, 0.25) is 0 Å². The Hall–Kier alpha value is -1.75. The first-order valence-corrected chi connectivity index (χ1v) is 6.19. The molecule has 1 aliphatic rings. The van der Waals surface area contributed by atoms with Gasteiger partial charge in [-0.1, -0.05) is 0 Å². The topological polar surface area (TPSA) is 67.8 Å². The molecule has 5 nitrogen and oxygen atoms in total. The van der Waals surface area contributed by atoms with Gasteiger partial charge in [0.25, 0.3) is 0 Å². The minimum atomic E-state index is -0.811. The fourth-order valence-corrected chi connectivity index (χ4v) is 2.12. The number of hydrogen-bond acceptors (Lipinski definition) is 4. The van der Waals surface area contributed by atoms with Crippen LogP contribution in [0.1, 0.15) is 11.1 Å². The van der Waals surface area contributed by atoms with Gasteiger partial charge in [-0.3, -0.25) is 4.79 Å². The van der Waals surface area contributed by atoms with E-state index in [9.17, 15) is 9.90 Å². The zero-order valence-electron chi connectivity index (χ0n) is 11.4. The van der Waals surface area contributed by atoms with E-state index in [-0.39, 0.29) is 13.2 Å². The van der Waals surface area contributed by atoms with Crippen LogP contribution in [0.3, 0.4) is 0 Å². The number of ether oxygens (including phenoxy) is 2. The summed E-state index contributed by atoms with van der Waals surface area (Å²) in [6.07, 6.45) is 0. The van der Waals surface area contributed by atoms with Crippen molar-refractivity contribution in [2.24, 2.45) is 5.41 Å². The van der Waals surface area contributed by atoms with Crippen molar-refractivity contribution in [1.29, 1.82) is 0 Å². The van der Waals surface area contributed by atoms with Crippen molar-refractivity contribution in [1.82, 2.24) is 0 Å². The molecule has 0 amide bonds. The normalized spacial score (nSPS) is 16.6. The summed E-state index contributed by atoms with van der Waals surface area (Å²) in [6.45, 7) is 4.88. The van der Waals surface area contributed by atoms with E-state index in [0.29, 0.717) is 6.54 Å². The highest BCUT2D eigenvalue weighted by Crippen LogP contribution is 2.31. The summed E-state index contributed by atoms with van der Waals surface area (Å²) < 4.78 is 10.3. The van der Waals surface area contributed by atoms with Gasteiger partial charge >= 0.3 is 5.97 Å². The lowest BCUT2D eigenvalue weighted by Gasteiger charge is -2.37. The van der Waals surface area contributed by atoms with E-state index < -0.39 is 11.4 Å². The number of carboxylic acid groups (broad SMARTS) is 1. The van der Waals surface area contributed by atoms with Gasteiger partial charge in [0.15, 0.2) is 0 Å². The molecule has 0 aliphatic carbocycles. The van der Waals surface area contributed by atoms with E-state index in [0.717, 1.165) is 22.6 Å². The van der Waals surface area contributed by atoms with Gasteiger partial charge in [0.1, 0.15) is 11.2 Å². The summed E-state index contributed by atoms with van der Waals surface area (Å²) in [4.78, 5) is 11.2. The fourth-order valence-electron chi connectivity index (χ4n) is 2.12. The highest BCUT2D eigenvalue weighted by atomic mass is 16.5. The summed E-state index contributed by atoms with van der Waals surface area (Å²) in [6, 6.07) is 3.80. The molecule has 2 rings (SSSR count). The van der Waals surface area contributed by atoms with Crippen molar-refractivity contribution >= 4 is 11.7 Å². The molecular formula is C14H19NO4. The predicted molar refractivity (Wildman–Crippen MR) is 71.8 cm³/mol. The van der Waals surface area contributed by atoms with E-state index in [4.69, 9.17) is 9.47 Å². The van der Waals surface area contributed by atoms with Crippen molar-refractivity contribution in [3.05, 3.63) is 23.3 Å². The minimum absolute atomic E-state index is 0.267. The standard InChI is InChI=1S/C14H19NO4/c1-9-10(2)12(18-3)5-4-11(9)15-6-14(13(16)17)7-19-8-14/h4-5,15H,6-8H2,1-3H3,(H,16,17). The molecular weight excluding hydrogens is 246 g/mol. The Balaban J connectivity index is 2.12. The summed E-state index contributed by atoms with van der Waals surface area (Å²) in [5, 5.41) is 12.4. The first-order valence-electron chi connectivity index (χ1n) is 6.19. The van der Waals surface area contributed by atoms with Crippen LogP contribution in [-0.2, 0) is 9.53 Å². The van der Waals surface area contributed by atoms with Crippen molar-refractivity contribution < 1.29 is 19.4 Å². The molecule has 0 aromatic heterocycles. The average molecular weight is 265 g/mol. The van der Waals surface area contributed by atoms with Gasteiger partial charge < -0.3 is 19.9 Å². The molecule has 0 spiro atoms. The number of aliphatic carboxylic acids is 1. The lowest BCUT2D eigenvalue weighted by Crippen LogP contribution is -2.53. The number of methoxy groups -OCH3 is 1. The van der Waals surface area contributed by atoms with E-state index >= 15 is 0 Å². The van der Waals surface area contributed by atoms with Gasteiger partial charge in [-0.25, -0.2) is 0 Å². The summed E-state index contributed by atoms with van der Waals surface area (Å²) in [5.41, 5.74) is 2.27. The van der Waals surface area contributed by atoms with Gasteiger partial charge in [0.05, 0.1) is 20.3 Å². The highest BCUT2D eigenvalue weighted by Gasteiger charge is 2.46. The second kappa shape index (κ2) is 5.09. The van der Waals surface area contributed by atoms with Crippen LogP contribution in [0.15, 0.2) is 12.1 Å². The maximum Gasteiger partial charge on any atom is 0.316 e. The SMILES string of the molecule is COc1ccc(NCC2(C(=O)O)COC2)c(C)c1C. The van der Waals surface area contributed by atoms with Crippen LogP contribution in [0.5, 0.6) is 5.75 Å². The number of benzene rings is 1. The Morgan fingerprint density at radius 3 is 2.58 bits per heavy atom. The molecule has 0 radical (unpaired) electrons. The van der Waals surface area contributed by atoms with Gasteiger partial charge in [-0.2, -0.15) is 0 Å². The predicted octanol–water partition coefficient (Wildman–Crippen LogP) is 1.83. The summed E-state index contributed by atoms with van der Waals surface area (Å²) >= 11 is 0.